The molecule has 0 heterocycles. The molecule has 0 unspecified atom stereocenters. The second-order valence-electron chi connectivity index (χ2n) is 4.56. The molecule has 0 aliphatic heterocycles. The second-order valence-corrected chi connectivity index (χ2v) is 4.97. The highest BCUT2D eigenvalue weighted by Gasteiger charge is 2.01. The standard InChI is InChI=1S/C15H16N6S.ClH/c16-13(17)9-1-5-11(6-2-9)20-15(22)21-12-7-3-10(4-8-12)14(18)19;/h1-8H,(H3,16,17)(H3,18,19)(H2,20,21,22);1H. The zero-order valence-electron chi connectivity index (χ0n) is 12.1. The largest absolute Gasteiger partial charge is 0.384 e. The Labute approximate surface area is 145 Å². The van der Waals surface area contributed by atoms with E-state index >= 15 is 0 Å². The van der Waals surface area contributed by atoms with E-state index in [4.69, 9.17) is 34.5 Å². The molecule has 6 nitrogen and oxygen atoms in total. The van der Waals surface area contributed by atoms with E-state index in [2.05, 4.69) is 10.6 Å². The Balaban J connectivity index is 0.00000264. The van der Waals surface area contributed by atoms with Gasteiger partial charge in [-0.1, -0.05) is 0 Å². The first-order valence-corrected chi connectivity index (χ1v) is 6.83. The van der Waals surface area contributed by atoms with Crippen LogP contribution in [-0.4, -0.2) is 16.8 Å². The van der Waals surface area contributed by atoms with Gasteiger partial charge < -0.3 is 22.1 Å². The van der Waals surface area contributed by atoms with Crippen LogP contribution in [0.3, 0.4) is 0 Å². The topological polar surface area (TPSA) is 124 Å². The molecule has 2 aromatic rings. The number of anilines is 2. The van der Waals surface area contributed by atoms with Crippen LogP contribution in [0.2, 0.25) is 0 Å². The van der Waals surface area contributed by atoms with E-state index < -0.39 is 0 Å². The zero-order chi connectivity index (χ0) is 16.1. The number of nitrogens with one attached hydrogen (secondary N) is 4. The van der Waals surface area contributed by atoms with Crippen molar-refractivity contribution in [2.75, 3.05) is 10.6 Å². The van der Waals surface area contributed by atoms with Crippen molar-refractivity contribution in [3.63, 3.8) is 0 Å². The van der Waals surface area contributed by atoms with Crippen LogP contribution in [0, 0.1) is 10.8 Å². The predicted octanol–water partition coefficient (Wildman–Crippen LogP) is 2.49. The van der Waals surface area contributed by atoms with E-state index in [1.165, 1.54) is 0 Å². The van der Waals surface area contributed by atoms with Crippen molar-refractivity contribution < 1.29 is 0 Å². The molecule has 0 fully saturated rings. The van der Waals surface area contributed by atoms with E-state index in [0.717, 1.165) is 11.4 Å². The van der Waals surface area contributed by atoms with Crippen molar-refractivity contribution in [2.24, 2.45) is 11.5 Å². The highest BCUT2D eigenvalue weighted by Crippen LogP contribution is 2.12. The Kier molecular flexibility index (Phi) is 6.49. The third-order valence-corrected chi connectivity index (χ3v) is 3.11. The molecule has 0 bridgehead atoms. The third kappa shape index (κ3) is 5.24. The highest BCUT2D eigenvalue weighted by molar-refractivity contribution is 7.80. The lowest BCUT2D eigenvalue weighted by Gasteiger charge is -2.11. The molecule has 0 atom stereocenters. The van der Waals surface area contributed by atoms with Gasteiger partial charge in [-0.05, 0) is 60.7 Å². The monoisotopic (exact) mass is 348 g/mol. The van der Waals surface area contributed by atoms with E-state index in [1.807, 2.05) is 0 Å². The minimum absolute atomic E-state index is 0. The number of rotatable bonds is 4. The van der Waals surface area contributed by atoms with Crippen molar-refractivity contribution >= 4 is 52.8 Å². The van der Waals surface area contributed by atoms with E-state index in [9.17, 15) is 0 Å². The first-order chi connectivity index (χ1) is 10.5. The summed E-state index contributed by atoms with van der Waals surface area (Å²) in [6, 6.07) is 14.2. The highest BCUT2D eigenvalue weighted by atomic mass is 35.5. The Morgan fingerprint density at radius 3 is 1.30 bits per heavy atom. The van der Waals surface area contributed by atoms with Crippen molar-refractivity contribution in [3.8, 4) is 0 Å². The van der Waals surface area contributed by atoms with Gasteiger partial charge in [0.1, 0.15) is 11.7 Å². The fourth-order valence-electron chi connectivity index (χ4n) is 1.76. The van der Waals surface area contributed by atoms with Crippen molar-refractivity contribution in [1.82, 2.24) is 0 Å². The number of hydrogen-bond donors (Lipinski definition) is 6. The average molecular weight is 349 g/mol. The summed E-state index contributed by atoms with van der Waals surface area (Å²) < 4.78 is 0. The summed E-state index contributed by atoms with van der Waals surface area (Å²) in [6.07, 6.45) is 0. The Morgan fingerprint density at radius 1 is 0.739 bits per heavy atom. The number of hydrogen-bond acceptors (Lipinski definition) is 3. The van der Waals surface area contributed by atoms with Gasteiger partial charge in [-0.2, -0.15) is 0 Å². The first kappa shape index (κ1) is 18.4. The number of nitrogen functional groups attached to an aromatic ring is 2. The Morgan fingerprint density at radius 2 is 1.04 bits per heavy atom. The summed E-state index contributed by atoms with van der Waals surface area (Å²) in [5.74, 6) is 0.0515. The van der Waals surface area contributed by atoms with Crippen molar-refractivity contribution in [1.29, 1.82) is 10.8 Å². The molecular weight excluding hydrogens is 332 g/mol. The van der Waals surface area contributed by atoms with E-state index in [1.54, 1.807) is 48.5 Å². The molecule has 0 amide bonds. The summed E-state index contributed by atoms with van der Waals surface area (Å²) in [5.41, 5.74) is 13.7. The molecule has 0 aliphatic carbocycles. The Bertz CT molecular complexity index is 650. The van der Waals surface area contributed by atoms with E-state index in [-0.39, 0.29) is 24.1 Å². The SMILES string of the molecule is Cl.N=C(N)c1ccc(NC(=S)Nc2ccc(C(=N)N)cc2)cc1. The summed E-state index contributed by atoms with van der Waals surface area (Å²) in [7, 11) is 0. The van der Waals surface area contributed by atoms with Gasteiger partial charge in [0.2, 0.25) is 0 Å². The van der Waals surface area contributed by atoms with Gasteiger partial charge in [-0.25, -0.2) is 0 Å². The molecule has 0 spiro atoms. The van der Waals surface area contributed by atoms with Crippen LogP contribution in [0.25, 0.3) is 0 Å². The molecule has 2 aromatic carbocycles. The maximum atomic E-state index is 7.34. The predicted molar refractivity (Wildman–Crippen MR) is 102 cm³/mol. The van der Waals surface area contributed by atoms with Gasteiger partial charge in [-0.3, -0.25) is 10.8 Å². The lowest BCUT2D eigenvalue weighted by Crippen LogP contribution is -2.19. The molecule has 2 rings (SSSR count). The average Bonchev–Trinajstić information content (AvgIpc) is 2.48. The van der Waals surface area contributed by atoms with Crippen molar-refractivity contribution in [3.05, 3.63) is 59.7 Å². The van der Waals surface area contributed by atoms with Gasteiger partial charge in [0.25, 0.3) is 0 Å². The van der Waals surface area contributed by atoms with Crippen LogP contribution in [-0.2, 0) is 0 Å². The molecule has 0 radical (unpaired) electrons. The summed E-state index contributed by atoms with van der Waals surface area (Å²) in [4.78, 5) is 0. The Hall–Kier alpha value is -2.64. The van der Waals surface area contributed by atoms with Crippen LogP contribution in [0.1, 0.15) is 11.1 Å². The number of benzene rings is 2. The normalized spacial score (nSPS) is 9.39. The minimum Gasteiger partial charge on any atom is -0.384 e. The smallest absolute Gasteiger partial charge is 0.175 e. The third-order valence-electron chi connectivity index (χ3n) is 2.91. The van der Waals surface area contributed by atoms with Gasteiger partial charge in [0.05, 0.1) is 0 Å². The van der Waals surface area contributed by atoms with Crippen LogP contribution in [0.5, 0.6) is 0 Å². The van der Waals surface area contributed by atoms with Gasteiger partial charge in [0.15, 0.2) is 5.11 Å². The molecule has 120 valence electrons. The lowest BCUT2D eigenvalue weighted by molar-refractivity contribution is 1.42. The van der Waals surface area contributed by atoms with Gasteiger partial charge >= 0.3 is 0 Å². The van der Waals surface area contributed by atoms with Gasteiger partial charge in [0, 0.05) is 22.5 Å². The second kappa shape index (κ2) is 8.11. The minimum atomic E-state index is 0. The summed E-state index contributed by atoms with van der Waals surface area (Å²) >= 11 is 5.23. The molecule has 0 aliphatic rings. The maximum absolute atomic E-state index is 7.34. The molecule has 0 aromatic heterocycles. The number of thiocarbonyl (C=S) groups is 1. The molecule has 8 heteroatoms. The quantitative estimate of drug-likeness (QED) is 0.288. The van der Waals surface area contributed by atoms with Crippen molar-refractivity contribution in [2.45, 2.75) is 0 Å². The number of halogens is 1. The zero-order valence-corrected chi connectivity index (χ0v) is 13.7. The van der Waals surface area contributed by atoms with Crippen LogP contribution >= 0.6 is 24.6 Å². The molecule has 0 saturated heterocycles. The number of nitrogens with two attached hydrogens (primary N) is 2. The number of amidine groups is 2. The molecule has 8 N–H and O–H groups in total. The van der Waals surface area contributed by atoms with E-state index in [0.29, 0.717) is 16.2 Å². The van der Waals surface area contributed by atoms with Crippen LogP contribution in [0.4, 0.5) is 11.4 Å². The summed E-state index contributed by atoms with van der Waals surface area (Å²) in [5, 5.41) is 21.2. The summed E-state index contributed by atoms with van der Waals surface area (Å²) in [6.45, 7) is 0. The maximum Gasteiger partial charge on any atom is 0.175 e. The lowest BCUT2D eigenvalue weighted by atomic mass is 10.2. The van der Waals surface area contributed by atoms with Gasteiger partial charge in [-0.15, -0.1) is 12.4 Å². The molecule has 0 saturated carbocycles. The molecule has 23 heavy (non-hydrogen) atoms. The fraction of sp³-hybridized carbons (Fsp3) is 0. The van der Waals surface area contributed by atoms with Crippen LogP contribution < -0.4 is 22.1 Å². The molecular formula is C15H17ClN6S. The fourth-order valence-corrected chi connectivity index (χ4v) is 2.00. The first-order valence-electron chi connectivity index (χ1n) is 6.42. The van der Waals surface area contributed by atoms with Crippen LogP contribution in [0.15, 0.2) is 48.5 Å².